The topological polar surface area (TPSA) is 25.8 Å². The average Bonchev–Trinajstić information content (AvgIpc) is 2.68. The first-order valence-electron chi connectivity index (χ1n) is 5.64. The summed E-state index contributed by atoms with van der Waals surface area (Å²) in [5.74, 6) is 0.636. The lowest BCUT2D eigenvalue weighted by molar-refractivity contribution is 0.644. The molecule has 15 heavy (non-hydrogen) atoms. The van der Waals surface area contributed by atoms with Gasteiger partial charge < -0.3 is 0 Å². The summed E-state index contributed by atoms with van der Waals surface area (Å²) in [5.41, 5.74) is 4.54. The highest BCUT2D eigenvalue weighted by Crippen LogP contribution is 2.33. The van der Waals surface area contributed by atoms with E-state index in [4.69, 9.17) is 9.97 Å². The molecule has 0 saturated heterocycles. The lowest BCUT2D eigenvalue weighted by Crippen LogP contribution is -1.97. The monoisotopic (exact) mass is 198 g/mol. The number of hydrogen-bond donors (Lipinski definition) is 0. The molecule has 0 aliphatic heterocycles. The van der Waals surface area contributed by atoms with E-state index < -0.39 is 0 Å². The van der Waals surface area contributed by atoms with Crippen molar-refractivity contribution < 1.29 is 0 Å². The maximum absolute atomic E-state index is 4.75. The van der Waals surface area contributed by atoms with E-state index in [9.17, 15) is 0 Å². The highest BCUT2D eigenvalue weighted by molar-refractivity contribution is 5.74. The van der Waals surface area contributed by atoms with Gasteiger partial charge in [0.25, 0.3) is 0 Å². The highest BCUT2D eigenvalue weighted by atomic mass is 14.8. The summed E-state index contributed by atoms with van der Waals surface area (Å²) in [6, 6.07) is 8.14. The van der Waals surface area contributed by atoms with Crippen molar-refractivity contribution in [3.63, 3.8) is 0 Å². The van der Waals surface area contributed by atoms with Crippen LogP contribution in [0.5, 0.6) is 0 Å². The molecule has 1 heterocycles. The number of rotatable bonds is 1. The summed E-state index contributed by atoms with van der Waals surface area (Å²) < 4.78 is 0. The first-order valence-corrected chi connectivity index (χ1v) is 5.64. The van der Waals surface area contributed by atoms with Crippen LogP contribution in [0, 0.1) is 0 Å². The summed E-state index contributed by atoms with van der Waals surface area (Å²) in [6.45, 7) is 2.23. The highest BCUT2D eigenvalue weighted by Gasteiger charge is 2.24. The SMILES string of the molecule is CCC1CCc2nc3ccccc3nc21. The number of aromatic nitrogens is 2. The largest absolute Gasteiger partial charge is 0.249 e. The molecule has 0 radical (unpaired) electrons. The quantitative estimate of drug-likeness (QED) is 0.703. The first kappa shape index (κ1) is 8.84. The Hall–Kier alpha value is -1.44. The van der Waals surface area contributed by atoms with Gasteiger partial charge in [-0.1, -0.05) is 19.1 Å². The second-order valence-electron chi connectivity index (χ2n) is 4.19. The molecule has 1 aliphatic carbocycles. The smallest absolute Gasteiger partial charge is 0.0890 e. The van der Waals surface area contributed by atoms with Crippen LogP contribution in [0.4, 0.5) is 0 Å². The summed E-state index contributed by atoms with van der Waals surface area (Å²) in [7, 11) is 0. The van der Waals surface area contributed by atoms with Crippen LogP contribution in [-0.4, -0.2) is 9.97 Å². The predicted octanol–water partition coefficient (Wildman–Crippen LogP) is 3.07. The minimum absolute atomic E-state index is 0.636. The standard InChI is InChI=1S/C13H14N2/c1-2-9-7-8-12-13(9)15-11-6-4-3-5-10(11)14-12/h3-6,9H,2,7-8H2,1H3. The molecule has 1 aromatic heterocycles. The van der Waals surface area contributed by atoms with Gasteiger partial charge in [0.1, 0.15) is 0 Å². The van der Waals surface area contributed by atoms with Crippen LogP contribution < -0.4 is 0 Å². The molecule has 1 aliphatic rings. The molecule has 0 amide bonds. The van der Waals surface area contributed by atoms with Gasteiger partial charge in [0.2, 0.25) is 0 Å². The molecule has 76 valence electrons. The van der Waals surface area contributed by atoms with E-state index in [0.29, 0.717) is 5.92 Å². The van der Waals surface area contributed by atoms with E-state index in [2.05, 4.69) is 6.92 Å². The van der Waals surface area contributed by atoms with Gasteiger partial charge in [-0.25, -0.2) is 9.97 Å². The van der Waals surface area contributed by atoms with Gasteiger partial charge >= 0.3 is 0 Å². The Balaban J connectivity index is 2.23. The van der Waals surface area contributed by atoms with Crippen molar-refractivity contribution in [2.75, 3.05) is 0 Å². The molecule has 2 aromatic rings. The minimum atomic E-state index is 0.636. The Bertz CT molecular complexity index is 505. The minimum Gasteiger partial charge on any atom is -0.249 e. The van der Waals surface area contributed by atoms with Crippen LogP contribution in [0.1, 0.15) is 37.1 Å². The van der Waals surface area contributed by atoms with Crippen LogP contribution in [0.3, 0.4) is 0 Å². The lowest BCUT2D eigenvalue weighted by atomic mass is 10.0. The second-order valence-corrected chi connectivity index (χ2v) is 4.19. The van der Waals surface area contributed by atoms with Crippen molar-refractivity contribution in [3.8, 4) is 0 Å². The fourth-order valence-electron chi connectivity index (χ4n) is 2.41. The Kier molecular flexibility index (Phi) is 1.94. The van der Waals surface area contributed by atoms with E-state index >= 15 is 0 Å². The maximum Gasteiger partial charge on any atom is 0.0890 e. The first-order chi connectivity index (χ1) is 7.38. The van der Waals surface area contributed by atoms with E-state index in [0.717, 1.165) is 17.5 Å². The molecular weight excluding hydrogens is 184 g/mol. The lowest BCUT2D eigenvalue weighted by Gasteiger charge is -2.07. The van der Waals surface area contributed by atoms with Gasteiger partial charge in [0.05, 0.1) is 22.4 Å². The maximum atomic E-state index is 4.75. The molecule has 2 nitrogen and oxygen atoms in total. The number of benzene rings is 1. The number of hydrogen-bond acceptors (Lipinski definition) is 2. The zero-order valence-electron chi connectivity index (χ0n) is 8.90. The van der Waals surface area contributed by atoms with Crippen molar-refractivity contribution in [1.82, 2.24) is 9.97 Å². The van der Waals surface area contributed by atoms with Gasteiger partial charge in [-0.15, -0.1) is 0 Å². The predicted molar refractivity (Wildman–Crippen MR) is 60.9 cm³/mol. The van der Waals surface area contributed by atoms with Crippen molar-refractivity contribution in [2.24, 2.45) is 0 Å². The summed E-state index contributed by atoms with van der Waals surface area (Å²) >= 11 is 0. The van der Waals surface area contributed by atoms with Gasteiger partial charge in [0.15, 0.2) is 0 Å². The number of para-hydroxylation sites is 2. The Labute approximate surface area is 89.4 Å². The fourth-order valence-corrected chi connectivity index (χ4v) is 2.41. The second kappa shape index (κ2) is 3.30. The molecule has 0 N–H and O–H groups in total. The fraction of sp³-hybridized carbons (Fsp3) is 0.385. The molecule has 0 spiro atoms. The van der Waals surface area contributed by atoms with Crippen molar-refractivity contribution in [1.29, 1.82) is 0 Å². The molecule has 0 bridgehead atoms. The molecule has 3 rings (SSSR count). The zero-order valence-corrected chi connectivity index (χ0v) is 8.90. The third-order valence-corrected chi connectivity index (χ3v) is 3.28. The normalized spacial score (nSPS) is 19.4. The third-order valence-electron chi connectivity index (χ3n) is 3.28. The summed E-state index contributed by atoms with van der Waals surface area (Å²) in [4.78, 5) is 9.44. The van der Waals surface area contributed by atoms with E-state index in [1.54, 1.807) is 0 Å². The average molecular weight is 198 g/mol. The molecule has 0 fully saturated rings. The van der Waals surface area contributed by atoms with Crippen molar-refractivity contribution >= 4 is 11.0 Å². The Morgan fingerprint density at radius 2 is 1.93 bits per heavy atom. The number of nitrogens with zero attached hydrogens (tertiary/aromatic N) is 2. The van der Waals surface area contributed by atoms with E-state index in [1.165, 1.54) is 24.2 Å². The summed E-state index contributed by atoms with van der Waals surface area (Å²) in [6.07, 6.45) is 3.51. The van der Waals surface area contributed by atoms with E-state index in [1.807, 2.05) is 24.3 Å². The van der Waals surface area contributed by atoms with Crippen LogP contribution >= 0.6 is 0 Å². The Morgan fingerprint density at radius 3 is 2.67 bits per heavy atom. The van der Waals surface area contributed by atoms with Gasteiger partial charge in [-0.2, -0.15) is 0 Å². The number of fused-ring (bicyclic) bond motifs is 2. The molecule has 2 heteroatoms. The molecule has 0 saturated carbocycles. The summed E-state index contributed by atoms with van der Waals surface area (Å²) in [5, 5.41) is 0. The van der Waals surface area contributed by atoms with Crippen molar-refractivity contribution in [3.05, 3.63) is 35.7 Å². The van der Waals surface area contributed by atoms with Crippen LogP contribution in [-0.2, 0) is 6.42 Å². The van der Waals surface area contributed by atoms with Gasteiger partial charge in [-0.05, 0) is 31.4 Å². The molecule has 1 aromatic carbocycles. The molecule has 1 atom stereocenters. The van der Waals surface area contributed by atoms with E-state index in [-0.39, 0.29) is 0 Å². The molecular formula is C13H14N2. The molecule has 1 unspecified atom stereocenters. The van der Waals surface area contributed by atoms with Crippen LogP contribution in [0.25, 0.3) is 11.0 Å². The zero-order chi connectivity index (χ0) is 10.3. The van der Waals surface area contributed by atoms with Gasteiger partial charge in [-0.3, -0.25) is 0 Å². The van der Waals surface area contributed by atoms with Crippen molar-refractivity contribution in [2.45, 2.75) is 32.1 Å². The van der Waals surface area contributed by atoms with Crippen LogP contribution in [0.15, 0.2) is 24.3 Å². The van der Waals surface area contributed by atoms with Crippen LogP contribution in [0.2, 0.25) is 0 Å². The number of aryl methyl sites for hydroxylation is 1. The van der Waals surface area contributed by atoms with Gasteiger partial charge in [0, 0.05) is 5.92 Å². The Morgan fingerprint density at radius 1 is 1.20 bits per heavy atom. The third kappa shape index (κ3) is 1.32.